The fourth-order valence-electron chi connectivity index (χ4n) is 2.57. The van der Waals surface area contributed by atoms with Crippen LogP contribution in [0.4, 0.5) is 5.95 Å². The molecule has 0 radical (unpaired) electrons. The standard InChI is InChI=1S/C14H24N4O2/c1-6-11-15-13(16-20-11)17(5)8-10-7-12(19)18(9-10)14(2,3)4/h10H,6-9H2,1-5H3/t10-/m1/s1. The van der Waals surface area contributed by atoms with E-state index in [0.29, 0.717) is 24.2 Å². The Bertz CT molecular complexity index is 478. The zero-order chi connectivity index (χ0) is 14.9. The SMILES string of the molecule is CCc1nc(N(C)C[C@H]2CC(=O)N(C(C)(C)C)C2)no1. The summed E-state index contributed by atoms with van der Waals surface area (Å²) >= 11 is 0. The first-order valence-electron chi connectivity index (χ1n) is 7.15. The molecule has 0 saturated carbocycles. The Labute approximate surface area is 120 Å². The number of carbonyl (C=O) groups excluding carboxylic acids is 1. The summed E-state index contributed by atoms with van der Waals surface area (Å²) in [6.45, 7) is 9.76. The van der Waals surface area contributed by atoms with Crippen LogP contribution in [0.25, 0.3) is 0 Å². The van der Waals surface area contributed by atoms with E-state index in [2.05, 4.69) is 30.9 Å². The van der Waals surface area contributed by atoms with Gasteiger partial charge in [0.15, 0.2) is 0 Å². The highest BCUT2D eigenvalue weighted by atomic mass is 16.5. The Morgan fingerprint density at radius 2 is 2.15 bits per heavy atom. The first kappa shape index (κ1) is 14.8. The van der Waals surface area contributed by atoms with Gasteiger partial charge >= 0.3 is 0 Å². The van der Waals surface area contributed by atoms with Gasteiger partial charge in [0.1, 0.15) is 0 Å². The van der Waals surface area contributed by atoms with Gasteiger partial charge in [0.05, 0.1) is 0 Å². The maximum atomic E-state index is 12.1. The van der Waals surface area contributed by atoms with Crippen LogP contribution in [0, 0.1) is 5.92 Å². The molecule has 1 amide bonds. The summed E-state index contributed by atoms with van der Waals surface area (Å²) in [6, 6.07) is 0. The second-order valence-corrected chi connectivity index (χ2v) is 6.47. The van der Waals surface area contributed by atoms with Crippen molar-refractivity contribution in [2.24, 2.45) is 5.92 Å². The predicted octanol–water partition coefficient (Wildman–Crippen LogP) is 1.72. The van der Waals surface area contributed by atoms with Crippen LogP contribution < -0.4 is 4.90 Å². The lowest BCUT2D eigenvalue weighted by Crippen LogP contribution is -2.42. The highest BCUT2D eigenvalue weighted by Gasteiger charge is 2.36. The molecule has 0 aromatic carbocycles. The van der Waals surface area contributed by atoms with Crippen molar-refractivity contribution in [2.75, 3.05) is 25.0 Å². The van der Waals surface area contributed by atoms with Crippen molar-refractivity contribution < 1.29 is 9.32 Å². The molecule has 1 aliphatic rings. The summed E-state index contributed by atoms with van der Waals surface area (Å²) < 4.78 is 5.12. The molecule has 1 aliphatic heterocycles. The number of hydrogen-bond acceptors (Lipinski definition) is 5. The number of nitrogens with zero attached hydrogens (tertiary/aromatic N) is 4. The third kappa shape index (κ3) is 3.11. The normalized spacial score (nSPS) is 19.8. The van der Waals surface area contributed by atoms with Crippen molar-refractivity contribution in [3.63, 3.8) is 0 Å². The van der Waals surface area contributed by atoms with E-state index in [1.54, 1.807) is 0 Å². The number of likely N-dealkylation sites (tertiary alicyclic amines) is 1. The molecule has 1 aromatic rings. The molecular formula is C14H24N4O2. The van der Waals surface area contributed by atoms with E-state index in [1.165, 1.54) is 0 Å². The lowest BCUT2D eigenvalue weighted by Gasteiger charge is -2.32. The van der Waals surface area contributed by atoms with E-state index in [0.717, 1.165) is 19.5 Å². The zero-order valence-electron chi connectivity index (χ0n) is 13.0. The number of aryl methyl sites for hydroxylation is 1. The summed E-state index contributed by atoms with van der Waals surface area (Å²) in [7, 11) is 1.94. The molecule has 1 atom stereocenters. The quantitative estimate of drug-likeness (QED) is 0.840. The van der Waals surface area contributed by atoms with Gasteiger partial charge in [-0.3, -0.25) is 4.79 Å². The topological polar surface area (TPSA) is 62.5 Å². The van der Waals surface area contributed by atoms with Crippen molar-refractivity contribution in [1.82, 2.24) is 15.0 Å². The smallest absolute Gasteiger partial charge is 0.265 e. The number of amides is 1. The highest BCUT2D eigenvalue weighted by Crippen LogP contribution is 2.26. The molecule has 2 heterocycles. The Kier molecular flexibility index (Phi) is 4.01. The molecule has 6 nitrogen and oxygen atoms in total. The molecule has 1 saturated heterocycles. The van der Waals surface area contributed by atoms with Gasteiger partial charge in [-0.15, -0.1) is 0 Å². The van der Waals surface area contributed by atoms with Crippen LogP contribution in [0.2, 0.25) is 0 Å². The van der Waals surface area contributed by atoms with Crippen molar-refractivity contribution in [3.8, 4) is 0 Å². The third-order valence-electron chi connectivity index (χ3n) is 3.65. The van der Waals surface area contributed by atoms with E-state index in [1.807, 2.05) is 23.8 Å². The first-order chi connectivity index (χ1) is 9.31. The van der Waals surface area contributed by atoms with Crippen molar-refractivity contribution >= 4 is 11.9 Å². The van der Waals surface area contributed by atoms with Crippen LogP contribution in [0.3, 0.4) is 0 Å². The van der Waals surface area contributed by atoms with Crippen molar-refractivity contribution in [2.45, 2.75) is 46.1 Å². The maximum Gasteiger partial charge on any atom is 0.265 e. The Morgan fingerprint density at radius 3 is 2.65 bits per heavy atom. The number of rotatable bonds is 4. The number of aromatic nitrogens is 2. The molecule has 0 spiro atoms. The van der Waals surface area contributed by atoms with Gasteiger partial charge < -0.3 is 14.3 Å². The van der Waals surface area contributed by atoms with Gasteiger partial charge in [0.25, 0.3) is 5.95 Å². The van der Waals surface area contributed by atoms with E-state index >= 15 is 0 Å². The van der Waals surface area contributed by atoms with Crippen LogP contribution in [-0.4, -0.2) is 46.6 Å². The van der Waals surface area contributed by atoms with Crippen LogP contribution in [0.15, 0.2) is 4.52 Å². The Hall–Kier alpha value is -1.59. The van der Waals surface area contributed by atoms with E-state index < -0.39 is 0 Å². The van der Waals surface area contributed by atoms with Gasteiger partial charge in [-0.1, -0.05) is 6.92 Å². The lowest BCUT2D eigenvalue weighted by molar-refractivity contribution is -0.131. The molecule has 0 unspecified atom stereocenters. The molecule has 0 N–H and O–H groups in total. The van der Waals surface area contributed by atoms with Crippen LogP contribution >= 0.6 is 0 Å². The van der Waals surface area contributed by atoms with Crippen LogP contribution in [0.5, 0.6) is 0 Å². The molecule has 0 aliphatic carbocycles. The molecule has 1 fully saturated rings. The van der Waals surface area contributed by atoms with Crippen LogP contribution in [-0.2, 0) is 11.2 Å². The predicted molar refractivity (Wildman–Crippen MR) is 76.5 cm³/mol. The number of hydrogen-bond donors (Lipinski definition) is 0. The second kappa shape index (κ2) is 5.42. The summed E-state index contributed by atoms with van der Waals surface area (Å²) in [5.41, 5.74) is -0.105. The Balaban J connectivity index is 1.96. The molecule has 2 rings (SSSR count). The summed E-state index contributed by atoms with van der Waals surface area (Å²) in [5.74, 6) is 1.79. The maximum absolute atomic E-state index is 12.1. The number of anilines is 1. The van der Waals surface area contributed by atoms with Gasteiger partial charge in [-0.2, -0.15) is 4.98 Å². The molecule has 112 valence electrons. The average Bonchev–Trinajstić information content (AvgIpc) is 2.94. The first-order valence-corrected chi connectivity index (χ1v) is 7.15. The molecule has 6 heteroatoms. The molecule has 1 aromatic heterocycles. The summed E-state index contributed by atoms with van der Waals surface area (Å²) in [4.78, 5) is 20.3. The Morgan fingerprint density at radius 1 is 1.45 bits per heavy atom. The minimum Gasteiger partial charge on any atom is -0.341 e. The van der Waals surface area contributed by atoms with Crippen molar-refractivity contribution in [3.05, 3.63) is 5.89 Å². The lowest BCUT2D eigenvalue weighted by atomic mass is 10.1. The fraction of sp³-hybridized carbons (Fsp3) is 0.786. The van der Waals surface area contributed by atoms with E-state index in [9.17, 15) is 4.79 Å². The monoisotopic (exact) mass is 280 g/mol. The molecular weight excluding hydrogens is 256 g/mol. The fourth-order valence-corrected chi connectivity index (χ4v) is 2.57. The second-order valence-electron chi connectivity index (χ2n) is 6.47. The minimum atomic E-state index is -0.105. The molecule has 0 bridgehead atoms. The van der Waals surface area contributed by atoms with E-state index in [4.69, 9.17) is 4.52 Å². The molecule has 20 heavy (non-hydrogen) atoms. The largest absolute Gasteiger partial charge is 0.341 e. The average molecular weight is 280 g/mol. The third-order valence-corrected chi connectivity index (χ3v) is 3.65. The van der Waals surface area contributed by atoms with Gasteiger partial charge in [-0.25, -0.2) is 0 Å². The van der Waals surface area contributed by atoms with E-state index in [-0.39, 0.29) is 11.4 Å². The van der Waals surface area contributed by atoms with Gasteiger partial charge in [0.2, 0.25) is 11.8 Å². The zero-order valence-corrected chi connectivity index (χ0v) is 13.0. The summed E-state index contributed by atoms with van der Waals surface area (Å²) in [5, 5.41) is 3.96. The summed E-state index contributed by atoms with van der Waals surface area (Å²) in [6.07, 6.45) is 1.33. The van der Waals surface area contributed by atoms with Gasteiger partial charge in [-0.05, 0) is 25.9 Å². The number of carbonyl (C=O) groups is 1. The van der Waals surface area contributed by atoms with Gasteiger partial charge in [0, 0.05) is 44.4 Å². The highest BCUT2D eigenvalue weighted by molar-refractivity contribution is 5.79. The van der Waals surface area contributed by atoms with Crippen molar-refractivity contribution in [1.29, 1.82) is 0 Å². The van der Waals surface area contributed by atoms with Crippen LogP contribution in [0.1, 0.15) is 40.0 Å². The minimum absolute atomic E-state index is 0.105.